The zero-order valence-electron chi connectivity index (χ0n) is 16.7. The molecule has 1 aliphatic carbocycles. The predicted molar refractivity (Wildman–Crippen MR) is 111 cm³/mol. The Kier molecular flexibility index (Phi) is 3.98. The number of aromatic nitrogens is 2. The standard InChI is InChI=1S/C23H24N4O2/c1-14-9-15(2)24-11-17(14)21(28)26-20-7-8-23(20)12-27(13-23)22(29)19-10-16-5-3-4-6-18(16)25-19/h3-6,9-11,20,25H,7-8,12-13H2,1-2H3,(H,26,28). The van der Waals surface area contributed by atoms with E-state index in [2.05, 4.69) is 15.3 Å². The quantitative estimate of drug-likeness (QED) is 0.723. The Labute approximate surface area is 169 Å². The predicted octanol–water partition coefficient (Wildman–Crippen LogP) is 3.21. The smallest absolute Gasteiger partial charge is 0.270 e. The van der Waals surface area contributed by atoms with Gasteiger partial charge in [0.25, 0.3) is 11.8 Å². The lowest BCUT2D eigenvalue weighted by atomic mass is 9.59. The van der Waals surface area contributed by atoms with Crippen LogP contribution in [0.4, 0.5) is 0 Å². The van der Waals surface area contributed by atoms with Crippen LogP contribution in [0, 0.1) is 19.3 Å². The van der Waals surface area contributed by atoms with E-state index < -0.39 is 0 Å². The second-order valence-electron chi connectivity index (χ2n) is 8.50. The number of fused-ring (bicyclic) bond motifs is 1. The Hall–Kier alpha value is -3.15. The van der Waals surface area contributed by atoms with E-state index in [-0.39, 0.29) is 23.3 Å². The van der Waals surface area contributed by atoms with E-state index in [1.54, 1.807) is 6.20 Å². The molecular formula is C23H24N4O2. The van der Waals surface area contributed by atoms with Crippen LogP contribution in [0.15, 0.2) is 42.6 Å². The molecule has 148 valence electrons. The topological polar surface area (TPSA) is 78.1 Å². The number of pyridine rings is 1. The molecule has 2 N–H and O–H groups in total. The van der Waals surface area contributed by atoms with Crippen molar-refractivity contribution in [3.63, 3.8) is 0 Å². The summed E-state index contributed by atoms with van der Waals surface area (Å²) in [4.78, 5) is 34.9. The highest BCUT2D eigenvalue weighted by atomic mass is 16.2. The molecule has 2 aromatic heterocycles. The summed E-state index contributed by atoms with van der Waals surface area (Å²) in [6, 6.07) is 11.9. The number of H-pyrrole nitrogens is 1. The SMILES string of the molecule is Cc1cc(C)c(C(=O)NC2CCC23CN(C(=O)c2cc4ccccc4[nH]2)C3)cn1. The van der Waals surface area contributed by atoms with Crippen molar-refractivity contribution in [3.05, 3.63) is 65.1 Å². The highest BCUT2D eigenvalue weighted by molar-refractivity contribution is 5.98. The molecular weight excluding hydrogens is 364 g/mol. The average Bonchev–Trinajstić information content (AvgIpc) is 3.08. The molecule has 29 heavy (non-hydrogen) atoms. The molecule has 6 heteroatoms. The Morgan fingerprint density at radius 2 is 2.00 bits per heavy atom. The van der Waals surface area contributed by atoms with Crippen molar-refractivity contribution in [2.75, 3.05) is 13.1 Å². The third-order valence-corrected chi connectivity index (χ3v) is 6.53. The van der Waals surface area contributed by atoms with Crippen molar-refractivity contribution >= 4 is 22.7 Å². The van der Waals surface area contributed by atoms with Gasteiger partial charge in [0.05, 0.1) is 5.56 Å². The summed E-state index contributed by atoms with van der Waals surface area (Å²) in [5.41, 5.74) is 4.09. The number of para-hydroxylation sites is 1. The number of carbonyl (C=O) groups is 2. The molecule has 2 aliphatic rings. The molecule has 1 spiro atoms. The molecule has 2 fully saturated rings. The maximum atomic E-state index is 12.9. The van der Waals surface area contributed by atoms with Gasteiger partial charge in [0.2, 0.25) is 0 Å². The maximum absolute atomic E-state index is 12.9. The fourth-order valence-electron chi connectivity index (χ4n) is 4.69. The second kappa shape index (κ2) is 6.44. The Balaban J connectivity index is 1.24. The van der Waals surface area contributed by atoms with E-state index in [0.29, 0.717) is 24.3 Å². The maximum Gasteiger partial charge on any atom is 0.270 e. The van der Waals surface area contributed by atoms with Gasteiger partial charge in [-0.25, -0.2) is 0 Å². The van der Waals surface area contributed by atoms with Crippen molar-refractivity contribution in [2.45, 2.75) is 32.7 Å². The first-order chi connectivity index (χ1) is 13.9. The van der Waals surface area contributed by atoms with Crippen LogP contribution >= 0.6 is 0 Å². The van der Waals surface area contributed by atoms with Crippen LogP contribution in [-0.4, -0.2) is 45.8 Å². The highest BCUT2D eigenvalue weighted by Gasteiger charge is 2.56. The van der Waals surface area contributed by atoms with E-state index in [9.17, 15) is 9.59 Å². The minimum Gasteiger partial charge on any atom is -0.351 e. The molecule has 1 unspecified atom stereocenters. The van der Waals surface area contributed by atoms with E-state index in [4.69, 9.17) is 0 Å². The number of hydrogen-bond acceptors (Lipinski definition) is 3. The fraction of sp³-hybridized carbons (Fsp3) is 0.348. The molecule has 1 saturated heterocycles. The van der Waals surface area contributed by atoms with E-state index in [1.165, 1.54) is 0 Å². The number of rotatable bonds is 3. The van der Waals surface area contributed by atoms with Crippen molar-refractivity contribution in [3.8, 4) is 0 Å². The van der Waals surface area contributed by atoms with Crippen LogP contribution in [-0.2, 0) is 0 Å². The number of likely N-dealkylation sites (tertiary alicyclic amines) is 1. The average molecular weight is 388 g/mol. The number of aromatic amines is 1. The van der Waals surface area contributed by atoms with Gasteiger partial charge < -0.3 is 15.2 Å². The Bertz CT molecular complexity index is 1090. The molecule has 2 amide bonds. The summed E-state index contributed by atoms with van der Waals surface area (Å²) >= 11 is 0. The van der Waals surface area contributed by atoms with Gasteiger partial charge in [-0.15, -0.1) is 0 Å². The summed E-state index contributed by atoms with van der Waals surface area (Å²) in [6.45, 7) is 5.24. The number of carbonyl (C=O) groups excluding carboxylic acids is 2. The molecule has 5 rings (SSSR count). The van der Waals surface area contributed by atoms with Gasteiger partial charge in [-0.1, -0.05) is 18.2 Å². The molecule has 3 aromatic rings. The van der Waals surface area contributed by atoms with Gasteiger partial charge in [0.1, 0.15) is 5.69 Å². The lowest BCUT2D eigenvalue weighted by Gasteiger charge is -2.60. The van der Waals surface area contributed by atoms with Crippen molar-refractivity contribution < 1.29 is 9.59 Å². The van der Waals surface area contributed by atoms with Crippen LogP contribution in [0.25, 0.3) is 10.9 Å². The first-order valence-corrected chi connectivity index (χ1v) is 10.1. The second-order valence-corrected chi connectivity index (χ2v) is 8.50. The van der Waals surface area contributed by atoms with Crippen molar-refractivity contribution in [1.29, 1.82) is 0 Å². The van der Waals surface area contributed by atoms with Gasteiger partial charge in [-0.05, 0) is 50.5 Å². The number of nitrogens with one attached hydrogen (secondary N) is 2. The number of aryl methyl sites for hydroxylation is 2. The minimum atomic E-state index is -0.0699. The zero-order valence-corrected chi connectivity index (χ0v) is 16.7. The Morgan fingerprint density at radius 3 is 2.69 bits per heavy atom. The van der Waals surface area contributed by atoms with Crippen molar-refractivity contribution in [2.24, 2.45) is 5.41 Å². The summed E-state index contributed by atoms with van der Waals surface area (Å²) in [6.07, 6.45) is 3.65. The lowest BCUT2D eigenvalue weighted by molar-refractivity contribution is -0.0689. The first kappa shape index (κ1) is 17.9. The largest absolute Gasteiger partial charge is 0.351 e. The van der Waals surface area contributed by atoms with Crippen LogP contribution in [0.5, 0.6) is 0 Å². The molecule has 1 aromatic carbocycles. The summed E-state index contributed by atoms with van der Waals surface area (Å²) in [5, 5.41) is 4.23. The monoisotopic (exact) mass is 388 g/mol. The van der Waals surface area contributed by atoms with Gasteiger partial charge in [0, 0.05) is 47.3 Å². The molecule has 0 radical (unpaired) electrons. The molecule has 0 bridgehead atoms. The molecule has 1 atom stereocenters. The molecule has 1 aliphatic heterocycles. The van der Waals surface area contributed by atoms with Crippen LogP contribution in [0.3, 0.4) is 0 Å². The van der Waals surface area contributed by atoms with E-state index >= 15 is 0 Å². The number of hydrogen-bond donors (Lipinski definition) is 2. The summed E-state index contributed by atoms with van der Waals surface area (Å²) in [7, 11) is 0. The normalized spacial score (nSPS) is 19.7. The highest BCUT2D eigenvalue weighted by Crippen LogP contribution is 2.48. The van der Waals surface area contributed by atoms with Crippen molar-refractivity contribution in [1.82, 2.24) is 20.2 Å². The van der Waals surface area contributed by atoms with Crippen LogP contribution in [0.1, 0.15) is 44.9 Å². The Morgan fingerprint density at radius 1 is 1.21 bits per heavy atom. The molecule has 1 saturated carbocycles. The summed E-state index contributed by atoms with van der Waals surface area (Å²) < 4.78 is 0. The number of nitrogens with zero attached hydrogens (tertiary/aromatic N) is 2. The first-order valence-electron chi connectivity index (χ1n) is 10.1. The lowest BCUT2D eigenvalue weighted by Crippen LogP contribution is -2.71. The van der Waals surface area contributed by atoms with Crippen LogP contribution < -0.4 is 5.32 Å². The third-order valence-electron chi connectivity index (χ3n) is 6.53. The van der Waals surface area contributed by atoms with Gasteiger partial charge >= 0.3 is 0 Å². The number of benzene rings is 1. The van der Waals surface area contributed by atoms with E-state index in [1.807, 2.05) is 55.1 Å². The molecule has 6 nitrogen and oxygen atoms in total. The molecule has 3 heterocycles. The van der Waals surface area contributed by atoms with Gasteiger partial charge in [0.15, 0.2) is 0 Å². The zero-order chi connectivity index (χ0) is 20.2. The van der Waals surface area contributed by atoms with Gasteiger partial charge in [-0.2, -0.15) is 0 Å². The number of amides is 2. The van der Waals surface area contributed by atoms with Gasteiger partial charge in [-0.3, -0.25) is 14.6 Å². The fourth-order valence-corrected chi connectivity index (χ4v) is 4.69. The third kappa shape index (κ3) is 2.90. The minimum absolute atomic E-state index is 0.0172. The van der Waals surface area contributed by atoms with E-state index in [0.717, 1.165) is 35.0 Å². The van der Waals surface area contributed by atoms with Crippen LogP contribution in [0.2, 0.25) is 0 Å². The summed E-state index contributed by atoms with van der Waals surface area (Å²) in [5.74, 6) is -0.0400.